The van der Waals surface area contributed by atoms with Crippen molar-refractivity contribution in [3.8, 4) is 6.07 Å². The Kier molecular flexibility index (Phi) is 3.01. The van der Waals surface area contributed by atoms with Crippen LogP contribution in [0.5, 0.6) is 0 Å². The highest BCUT2D eigenvalue weighted by Crippen LogP contribution is 2.21. The molecule has 0 aliphatic heterocycles. The van der Waals surface area contributed by atoms with E-state index in [1.165, 1.54) is 6.20 Å². The summed E-state index contributed by atoms with van der Waals surface area (Å²) in [6, 6.07) is 2.12. The third-order valence-electron chi connectivity index (χ3n) is 1.57. The van der Waals surface area contributed by atoms with Gasteiger partial charge in [0.05, 0.1) is 17.7 Å². The smallest absolute Gasteiger partial charge is 0.151 e. The fourth-order valence-corrected chi connectivity index (χ4v) is 1.15. The van der Waals surface area contributed by atoms with Crippen LogP contribution in [0.15, 0.2) is 12.4 Å². The van der Waals surface area contributed by atoms with E-state index in [0.29, 0.717) is 17.3 Å². The van der Waals surface area contributed by atoms with Crippen LogP contribution in [0.3, 0.4) is 0 Å². The van der Waals surface area contributed by atoms with Gasteiger partial charge >= 0.3 is 0 Å². The van der Waals surface area contributed by atoms with Gasteiger partial charge in [0.1, 0.15) is 0 Å². The van der Waals surface area contributed by atoms with Gasteiger partial charge in [0.15, 0.2) is 5.15 Å². The second-order valence-electron chi connectivity index (χ2n) is 2.32. The molecule has 0 fully saturated rings. The molecule has 62 valence electrons. The molecule has 1 aromatic heterocycles. The van der Waals surface area contributed by atoms with Crippen molar-refractivity contribution in [3.63, 3.8) is 0 Å². The molecule has 0 saturated carbocycles. The van der Waals surface area contributed by atoms with E-state index < -0.39 is 0 Å². The molecular formula is C8H8ClN3. The molecule has 1 atom stereocenters. The molecule has 0 radical (unpaired) electrons. The average molecular weight is 182 g/mol. The summed E-state index contributed by atoms with van der Waals surface area (Å²) in [6.45, 7) is 1.92. The van der Waals surface area contributed by atoms with Crippen LogP contribution in [0.2, 0.25) is 5.15 Å². The lowest BCUT2D eigenvalue weighted by Gasteiger charge is -2.04. The molecule has 0 aliphatic carbocycles. The van der Waals surface area contributed by atoms with E-state index >= 15 is 0 Å². The molecule has 12 heavy (non-hydrogen) atoms. The minimum atomic E-state index is -0.244. The Balaban J connectivity index is 3.02. The minimum absolute atomic E-state index is 0.244. The lowest BCUT2D eigenvalue weighted by molar-refractivity contribution is 0.780. The molecule has 0 aliphatic rings. The molecular weight excluding hydrogens is 174 g/mol. The molecule has 1 heterocycles. The Bertz CT molecular complexity index is 305. The second kappa shape index (κ2) is 4.03. The summed E-state index contributed by atoms with van der Waals surface area (Å²) in [5.74, 6) is -0.244. The normalized spacial score (nSPS) is 12.1. The summed E-state index contributed by atoms with van der Waals surface area (Å²) in [5.41, 5.74) is 0.573. The van der Waals surface area contributed by atoms with Crippen LogP contribution in [0.4, 0.5) is 0 Å². The van der Waals surface area contributed by atoms with Gasteiger partial charge in [0, 0.05) is 12.4 Å². The summed E-state index contributed by atoms with van der Waals surface area (Å²) in [7, 11) is 0. The average Bonchev–Trinajstić information content (AvgIpc) is 2.10. The highest BCUT2D eigenvalue weighted by Gasteiger charge is 2.13. The van der Waals surface area contributed by atoms with Gasteiger partial charge in [-0.2, -0.15) is 5.26 Å². The quantitative estimate of drug-likeness (QED) is 0.703. The van der Waals surface area contributed by atoms with Crippen molar-refractivity contribution < 1.29 is 0 Å². The summed E-state index contributed by atoms with van der Waals surface area (Å²) >= 11 is 5.75. The summed E-state index contributed by atoms with van der Waals surface area (Å²) in [4.78, 5) is 7.85. The summed E-state index contributed by atoms with van der Waals surface area (Å²) < 4.78 is 0. The number of hydrogen-bond acceptors (Lipinski definition) is 3. The van der Waals surface area contributed by atoms with E-state index in [9.17, 15) is 0 Å². The first-order chi connectivity index (χ1) is 5.79. The molecule has 0 saturated heterocycles. The van der Waals surface area contributed by atoms with E-state index in [2.05, 4.69) is 16.0 Å². The maximum Gasteiger partial charge on any atom is 0.151 e. The standard InChI is InChI=1S/C8H8ClN3/c1-2-6(5-10)7-8(9)12-4-3-11-7/h3-4,6H,2H2,1H3. The van der Waals surface area contributed by atoms with Gasteiger partial charge in [-0.05, 0) is 6.42 Å². The molecule has 1 unspecified atom stereocenters. The second-order valence-corrected chi connectivity index (χ2v) is 2.68. The predicted molar refractivity (Wildman–Crippen MR) is 45.7 cm³/mol. The van der Waals surface area contributed by atoms with E-state index in [4.69, 9.17) is 16.9 Å². The molecule has 0 amide bonds. The number of hydrogen-bond donors (Lipinski definition) is 0. The largest absolute Gasteiger partial charge is 0.255 e. The van der Waals surface area contributed by atoms with Crippen LogP contribution >= 0.6 is 11.6 Å². The lowest BCUT2D eigenvalue weighted by atomic mass is 10.1. The molecule has 0 bridgehead atoms. The molecule has 1 aromatic rings. The van der Waals surface area contributed by atoms with Gasteiger partial charge in [-0.15, -0.1) is 0 Å². The third kappa shape index (κ3) is 1.72. The highest BCUT2D eigenvalue weighted by molar-refractivity contribution is 6.30. The van der Waals surface area contributed by atoms with E-state index in [0.717, 1.165) is 0 Å². The number of nitrogens with zero attached hydrogens (tertiary/aromatic N) is 3. The summed E-state index contributed by atoms with van der Waals surface area (Å²) in [6.07, 6.45) is 3.76. The first kappa shape index (κ1) is 8.95. The predicted octanol–water partition coefficient (Wildman–Crippen LogP) is 2.15. The molecule has 0 spiro atoms. The minimum Gasteiger partial charge on any atom is -0.255 e. The van der Waals surface area contributed by atoms with Gasteiger partial charge in [-0.25, -0.2) is 4.98 Å². The monoisotopic (exact) mass is 181 g/mol. The van der Waals surface area contributed by atoms with Gasteiger partial charge in [-0.3, -0.25) is 4.98 Å². The van der Waals surface area contributed by atoms with Crippen LogP contribution in [0, 0.1) is 11.3 Å². The number of rotatable bonds is 2. The molecule has 1 rings (SSSR count). The number of aromatic nitrogens is 2. The van der Waals surface area contributed by atoms with Crippen LogP contribution in [0.25, 0.3) is 0 Å². The van der Waals surface area contributed by atoms with Gasteiger partial charge in [0.25, 0.3) is 0 Å². The Morgan fingerprint density at radius 3 is 2.75 bits per heavy atom. The van der Waals surface area contributed by atoms with Crippen molar-refractivity contribution >= 4 is 11.6 Å². The highest BCUT2D eigenvalue weighted by atomic mass is 35.5. The third-order valence-corrected chi connectivity index (χ3v) is 1.86. The fraction of sp³-hybridized carbons (Fsp3) is 0.375. The topological polar surface area (TPSA) is 49.6 Å². The van der Waals surface area contributed by atoms with Crippen LogP contribution in [0.1, 0.15) is 25.0 Å². The Morgan fingerprint density at radius 1 is 1.58 bits per heavy atom. The Morgan fingerprint density at radius 2 is 2.25 bits per heavy atom. The van der Waals surface area contributed by atoms with Gasteiger partial charge < -0.3 is 0 Å². The van der Waals surface area contributed by atoms with Crippen molar-refractivity contribution in [2.24, 2.45) is 0 Å². The van der Waals surface area contributed by atoms with Crippen molar-refractivity contribution in [3.05, 3.63) is 23.2 Å². The Labute approximate surface area is 76.0 Å². The van der Waals surface area contributed by atoms with Gasteiger partial charge in [0.2, 0.25) is 0 Å². The fourth-order valence-electron chi connectivity index (χ4n) is 0.911. The maximum absolute atomic E-state index is 8.73. The van der Waals surface area contributed by atoms with Gasteiger partial charge in [-0.1, -0.05) is 18.5 Å². The SMILES string of the molecule is CCC(C#N)c1nccnc1Cl. The molecule has 4 heteroatoms. The van der Waals surface area contributed by atoms with Crippen LogP contribution < -0.4 is 0 Å². The van der Waals surface area contributed by atoms with E-state index in [-0.39, 0.29) is 5.92 Å². The molecule has 3 nitrogen and oxygen atoms in total. The molecule has 0 aromatic carbocycles. The lowest BCUT2D eigenvalue weighted by Crippen LogP contribution is -1.99. The van der Waals surface area contributed by atoms with Crippen LogP contribution in [-0.4, -0.2) is 9.97 Å². The van der Waals surface area contributed by atoms with Crippen molar-refractivity contribution in [2.75, 3.05) is 0 Å². The molecule has 0 N–H and O–H groups in total. The van der Waals surface area contributed by atoms with Crippen LogP contribution in [-0.2, 0) is 0 Å². The zero-order chi connectivity index (χ0) is 8.97. The number of halogens is 1. The number of nitriles is 1. The first-order valence-corrected chi connectivity index (χ1v) is 4.03. The zero-order valence-electron chi connectivity index (χ0n) is 6.66. The maximum atomic E-state index is 8.73. The van der Waals surface area contributed by atoms with E-state index in [1.54, 1.807) is 6.20 Å². The van der Waals surface area contributed by atoms with Crippen molar-refractivity contribution in [1.82, 2.24) is 9.97 Å². The first-order valence-electron chi connectivity index (χ1n) is 3.65. The Hall–Kier alpha value is -1.14. The zero-order valence-corrected chi connectivity index (χ0v) is 7.41. The van der Waals surface area contributed by atoms with E-state index in [1.807, 2.05) is 6.92 Å². The summed E-state index contributed by atoms with van der Waals surface area (Å²) in [5, 5.41) is 9.05. The van der Waals surface area contributed by atoms with Crippen molar-refractivity contribution in [2.45, 2.75) is 19.3 Å². The van der Waals surface area contributed by atoms with Crippen molar-refractivity contribution in [1.29, 1.82) is 5.26 Å².